The molecule has 0 bridgehead atoms. The van der Waals surface area contributed by atoms with Crippen LogP contribution in [0.4, 0.5) is 18.4 Å². The Labute approximate surface area is 291 Å². The summed E-state index contributed by atoms with van der Waals surface area (Å²) in [6, 6.07) is 30.3. The van der Waals surface area contributed by atoms with Crippen LogP contribution < -0.4 is 0 Å². The topological polar surface area (TPSA) is 99.5 Å². The number of benzene rings is 4. The van der Waals surface area contributed by atoms with Crippen molar-refractivity contribution in [2.75, 3.05) is 13.1 Å². The molecule has 2 saturated heterocycles. The molecule has 2 aliphatic rings. The molecule has 0 radical (unpaired) electrons. The molecule has 8 nitrogen and oxygen atoms in total. The van der Waals surface area contributed by atoms with Gasteiger partial charge in [-0.05, 0) is 73.2 Å². The molecule has 0 aromatic heterocycles. The van der Waals surface area contributed by atoms with E-state index in [1.165, 1.54) is 24.3 Å². The van der Waals surface area contributed by atoms with E-state index in [0.717, 1.165) is 22.3 Å². The Morgan fingerprint density at radius 1 is 0.620 bits per heavy atom. The monoisotopic (exact) mass is 686 g/mol. The number of carbonyl (C=O) groups excluding carboxylic acids is 2. The quantitative estimate of drug-likeness (QED) is 0.213. The van der Waals surface area contributed by atoms with Gasteiger partial charge in [0.05, 0.1) is 23.3 Å². The number of ether oxygens (including phenoxy) is 2. The summed E-state index contributed by atoms with van der Waals surface area (Å²) in [6.45, 7) is 4.70. The second kappa shape index (κ2) is 16.3. The van der Waals surface area contributed by atoms with Crippen molar-refractivity contribution in [3.8, 4) is 0 Å². The van der Waals surface area contributed by atoms with Crippen LogP contribution in [0.2, 0.25) is 0 Å². The highest BCUT2D eigenvalue weighted by Gasteiger charge is 2.40. The molecule has 0 unspecified atom stereocenters. The van der Waals surface area contributed by atoms with Gasteiger partial charge in [0.1, 0.15) is 24.8 Å². The van der Waals surface area contributed by atoms with Crippen molar-refractivity contribution in [2.24, 2.45) is 0 Å². The van der Waals surface area contributed by atoms with Crippen LogP contribution in [0.1, 0.15) is 73.9 Å². The average molecular weight is 687 g/mol. The minimum Gasteiger partial charge on any atom is -0.445 e. The summed E-state index contributed by atoms with van der Waals surface area (Å²) in [5.41, 5.74) is 1.68. The van der Waals surface area contributed by atoms with Gasteiger partial charge in [-0.1, -0.05) is 84.9 Å². The fraction of sp³-hybridized carbons (Fsp3) is 0.350. The zero-order valence-electron chi connectivity index (χ0n) is 28.4. The van der Waals surface area contributed by atoms with Gasteiger partial charge >= 0.3 is 12.2 Å². The number of piperidine rings is 2. The van der Waals surface area contributed by atoms with Crippen LogP contribution in [0, 0.1) is 11.6 Å². The van der Waals surface area contributed by atoms with Crippen molar-refractivity contribution >= 4 is 12.2 Å². The number of carbonyl (C=O) groups is 2. The van der Waals surface area contributed by atoms with E-state index >= 15 is 0 Å². The number of amides is 2. The van der Waals surface area contributed by atoms with Gasteiger partial charge in [-0.2, -0.15) is 0 Å². The molecule has 0 spiro atoms. The highest BCUT2D eigenvalue weighted by molar-refractivity contribution is 5.69. The van der Waals surface area contributed by atoms with Crippen molar-refractivity contribution < 1.29 is 38.1 Å². The summed E-state index contributed by atoms with van der Waals surface area (Å²) >= 11 is 0. The van der Waals surface area contributed by atoms with Crippen molar-refractivity contribution in [2.45, 2.75) is 76.0 Å². The summed E-state index contributed by atoms with van der Waals surface area (Å²) in [5.74, 6) is -0.658. The second-order valence-corrected chi connectivity index (χ2v) is 13.5. The molecule has 2 fully saturated rings. The van der Waals surface area contributed by atoms with Crippen LogP contribution in [0.3, 0.4) is 0 Å². The van der Waals surface area contributed by atoms with E-state index in [2.05, 4.69) is 0 Å². The molecule has 0 aliphatic carbocycles. The Morgan fingerprint density at radius 3 is 1.30 bits per heavy atom. The molecule has 4 aromatic rings. The Bertz CT molecular complexity index is 1560. The largest absolute Gasteiger partial charge is 0.445 e. The standard InChI is InChI=1S/2C20H22FNO3/c2*1-20(24)11-12-22(18(13-20)16-7-9-17(21)10-8-16)19(23)25-14-15-5-3-2-4-6-15/h2*2-10,18,24H,11-14H2,1H3/t2*18-,20-/m10/s1. The van der Waals surface area contributed by atoms with Gasteiger partial charge < -0.3 is 29.5 Å². The van der Waals surface area contributed by atoms with E-state index in [0.29, 0.717) is 38.8 Å². The molecule has 4 aromatic carbocycles. The maximum atomic E-state index is 13.2. The van der Waals surface area contributed by atoms with Gasteiger partial charge in [-0.25, -0.2) is 18.4 Å². The lowest BCUT2D eigenvalue weighted by Crippen LogP contribution is -2.47. The molecule has 4 atom stereocenters. The van der Waals surface area contributed by atoms with E-state index in [9.17, 15) is 28.6 Å². The minimum absolute atomic E-state index is 0.197. The Morgan fingerprint density at radius 2 is 0.960 bits per heavy atom. The first-order valence-corrected chi connectivity index (χ1v) is 16.8. The normalized spacial score (nSPS) is 23.3. The van der Waals surface area contributed by atoms with E-state index in [1.807, 2.05) is 60.7 Å². The number of hydrogen-bond acceptors (Lipinski definition) is 6. The molecule has 6 rings (SSSR count). The number of hydrogen-bond donors (Lipinski definition) is 2. The molecule has 264 valence electrons. The predicted molar refractivity (Wildman–Crippen MR) is 185 cm³/mol. The maximum absolute atomic E-state index is 13.2. The Hall–Kier alpha value is -4.80. The lowest BCUT2D eigenvalue weighted by molar-refractivity contribution is -0.0339. The third-order valence-electron chi connectivity index (χ3n) is 9.19. The number of nitrogens with zero attached hydrogens (tertiary/aromatic N) is 2. The van der Waals surface area contributed by atoms with Crippen molar-refractivity contribution in [1.82, 2.24) is 9.80 Å². The van der Waals surface area contributed by atoms with Crippen molar-refractivity contribution in [3.63, 3.8) is 0 Å². The van der Waals surface area contributed by atoms with Gasteiger partial charge in [0.25, 0.3) is 0 Å². The summed E-state index contributed by atoms with van der Waals surface area (Å²) < 4.78 is 37.3. The molecule has 50 heavy (non-hydrogen) atoms. The molecular formula is C40H44F2N2O6. The van der Waals surface area contributed by atoms with Crippen LogP contribution in [-0.2, 0) is 22.7 Å². The molecule has 2 amide bonds. The van der Waals surface area contributed by atoms with E-state index in [1.54, 1.807) is 47.9 Å². The summed E-state index contributed by atoms with van der Waals surface area (Å²) in [7, 11) is 0. The molecular weight excluding hydrogens is 642 g/mol. The lowest BCUT2D eigenvalue weighted by atomic mass is 9.85. The second-order valence-electron chi connectivity index (χ2n) is 13.5. The number of rotatable bonds is 6. The smallest absolute Gasteiger partial charge is 0.410 e. The number of halogens is 2. The number of likely N-dealkylation sites (tertiary alicyclic amines) is 2. The van der Waals surface area contributed by atoms with Gasteiger partial charge in [0, 0.05) is 25.9 Å². The zero-order chi connectivity index (χ0) is 35.7. The van der Waals surface area contributed by atoms with Crippen LogP contribution in [0.25, 0.3) is 0 Å². The van der Waals surface area contributed by atoms with Gasteiger partial charge in [-0.15, -0.1) is 0 Å². The highest BCUT2D eigenvalue weighted by atomic mass is 19.1. The van der Waals surface area contributed by atoms with E-state index in [-0.39, 0.29) is 36.9 Å². The molecule has 2 N–H and O–H groups in total. The molecule has 2 heterocycles. The first-order chi connectivity index (χ1) is 23.9. The minimum atomic E-state index is -0.866. The van der Waals surface area contributed by atoms with Gasteiger partial charge in [0.2, 0.25) is 0 Å². The van der Waals surface area contributed by atoms with E-state index < -0.39 is 23.4 Å². The first-order valence-electron chi connectivity index (χ1n) is 16.8. The fourth-order valence-corrected chi connectivity index (χ4v) is 6.30. The first kappa shape index (κ1) is 36.5. The van der Waals surface area contributed by atoms with Crippen molar-refractivity contribution in [3.05, 3.63) is 143 Å². The molecule has 10 heteroatoms. The SMILES string of the molecule is C[C@@]1(O)CCN(C(=O)OCc2ccccc2)[C@@H](c2ccc(F)cc2)C1.C[C@]1(O)CCN(C(=O)OCc2ccccc2)[C@H](c2ccc(F)cc2)C1. The number of aliphatic hydroxyl groups is 2. The molecule has 2 aliphatic heterocycles. The van der Waals surface area contributed by atoms with Crippen LogP contribution in [-0.4, -0.2) is 56.5 Å². The van der Waals surface area contributed by atoms with Crippen LogP contribution in [0.15, 0.2) is 109 Å². The predicted octanol–water partition coefficient (Wildman–Crippen LogP) is 8.10. The lowest BCUT2D eigenvalue weighted by Gasteiger charge is -2.42. The zero-order valence-corrected chi connectivity index (χ0v) is 28.4. The third-order valence-corrected chi connectivity index (χ3v) is 9.19. The Balaban J connectivity index is 0.000000194. The highest BCUT2D eigenvalue weighted by Crippen LogP contribution is 2.38. The maximum Gasteiger partial charge on any atom is 0.410 e. The van der Waals surface area contributed by atoms with E-state index in [4.69, 9.17) is 9.47 Å². The van der Waals surface area contributed by atoms with Crippen LogP contribution in [0.5, 0.6) is 0 Å². The van der Waals surface area contributed by atoms with Crippen LogP contribution >= 0.6 is 0 Å². The van der Waals surface area contributed by atoms with Gasteiger partial charge in [0.15, 0.2) is 0 Å². The third kappa shape index (κ3) is 10.1. The summed E-state index contributed by atoms with van der Waals surface area (Å²) in [5, 5.41) is 20.8. The van der Waals surface area contributed by atoms with Crippen molar-refractivity contribution in [1.29, 1.82) is 0 Å². The summed E-state index contributed by atoms with van der Waals surface area (Å²) in [4.78, 5) is 28.4. The Kier molecular flexibility index (Phi) is 11.9. The van der Waals surface area contributed by atoms with Gasteiger partial charge in [-0.3, -0.25) is 0 Å². The fourth-order valence-electron chi connectivity index (χ4n) is 6.30. The average Bonchev–Trinajstić information content (AvgIpc) is 3.11. The summed E-state index contributed by atoms with van der Waals surface area (Å²) in [6.07, 6.45) is 0.886. The molecule has 0 saturated carbocycles.